The summed E-state index contributed by atoms with van der Waals surface area (Å²) in [5.74, 6) is -0.913. The van der Waals surface area contributed by atoms with E-state index < -0.39 is 83.6 Å². The minimum absolute atomic E-state index is 0.126. The molecule has 0 aromatic carbocycles. The van der Waals surface area contributed by atoms with Crippen molar-refractivity contribution in [2.24, 2.45) is 34.5 Å². The van der Waals surface area contributed by atoms with Crippen LogP contribution in [0.25, 0.3) is 0 Å². The Morgan fingerprint density at radius 3 is 2.36 bits per heavy atom. The molecule has 1 saturated heterocycles. The van der Waals surface area contributed by atoms with Gasteiger partial charge in [-0.05, 0) is 93.1 Å². The van der Waals surface area contributed by atoms with Crippen molar-refractivity contribution in [1.29, 1.82) is 0 Å². The summed E-state index contributed by atoms with van der Waals surface area (Å²) in [5.41, 5.74) is -3.55. The largest absolute Gasteiger partial charge is 0.394 e. The number of rotatable bonds is 8. The van der Waals surface area contributed by atoms with Gasteiger partial charge in [-0.15, -0.1) is 0 Å². The summed E-state index contributed by atoms with van der Waals surface area (Å²) in [6.07, 6.45) is -5.04. The molecular formula is C33H54O11. The van der Waals surface area contributed by atoms with E-state index in [1.165, 1.54) is 0 Å². The molecule has 5 rings (SSSR count). The van der Waals surface area contributed by atoms with Gasteiger partial charge in [-0.1, -0.05) is 27.7 Å². The fraction of sp³-hybridized carbons (Fsp3) is 0.909. The highest BCUT2D eigenvalue weighted by Gasteiger charge is 2.69. The third-order valence-electron chi connectivity index (χ3n) is 12.6. The van der Waals surface area contributed by atoms with Crippen LogP contribution in [0.5, 0.6) is 0 Å². The zero-order valence-corrected chi connectivity index (χ0v) is 26.7. The number of aliphatic hydroxyl groups is 8. The summed E-state index contributed by atoms with van der Waals surface area (Å²) in [6.45, 7) is 9.17. The lowest BCUT2D eigenvalue weighted by Gasteiger charge is -2.61. The molecule has 11 nitrogen and oxygen atoms in total. The van der Waals surface area contributed by atoms with Gasteiger partial charge >= 0.3 is 0 Å². The average Bonchev–Trinajstić information content (AvgIpc) is 3.24. The molecule has 0 aromatic rings. The highest BCUT2D eigenvalue weighted by atomic mass is 16.7. The topological polar surface area (TPSA) is 197 Å². The van der Waals surface area contributed by atoms with E-state index in [0.717, 1.165) is 6.42 Å². The number of carbonyl (C=O) groups is 1. The van der Waals surface area contributed by atoms with Crippen LogP contribution in [-0.2, 0) is 14.3 Å². The highest BCUT2D eigenvalue weighted by Crippen LogP contribution is 2.68. The van der Waals surface area contributed by atoms with Gasteiger partial charge in [0.05, 0.1) is 36.1 Å². The van der Waals surface area contributed by atoms with E-state index in [-0.39, 0.29) is 30.5 Å². The first-order valence-electron chi connectivity index (χ1n) is 16.4. The summed E-state index contributed by atoms with van der Waals surface area (Å²) >= 11 is 0. The fourth-order valence-corrected chi connectivity index (χ4v) is 9.81. The molecule has 0 spiro atoms. The molecule has 44 heavy (non-hydrogen) atoms. The summed E-state index contributed by atoms with van der Waals surface area (Å²) in [4.78, 5) is 13.9. The lowest BCUT2D eigenvalue weighted by atomic mass is 9.45. The zero-order valence-electron chi connectivity index (χ0n) is 26.7. The monoisotopic (exact) mass is 626 g/mol. The van der Waals surface area contributed by atoms with Crippen LogP contribution in [-0.4, -0.2) is 113 Å². The first-order chi connectivity index (χ1) is 20.4. The number of hydrogen-bond donors (Lipinski definition) is 8. The van der Waals surface area contributed by atoms with Gasteiger partial charge in [0.1, 0.15) is 24.4 Å². The molecule has 15 atom stereocenters. The number of hydrogen-bond acceptors (Lipinski definition) is 11. The normalized spacial score (nSPS) is 49.5. The van der Waals surface area contributed by atoms with E-state index in [0.29, 0.717) is 43.6 Å². The molecule has 5 aliphatic rings. The molecule has 3 saturated carbocycles. The molecule has 4 aliphatic carbocycles. The number of allylic oxidation sites excluding steroid dienone is 1. The maximum absolute atomic E-state index is 13.9. The molecule has 0 unspecified atom stereocenters. The molecule has 4 fully saturated rings. The van der Waals surface area contributed by atoms with Gasteiger partial charge in [-0.3, -0.25) is 4.79 Å². The third-order valence-corrected chi connectivity index (χ3v) is 12.6. The molecule has 1 heterocycles. The van der Waals surface area contributed by atoms with Crippen LogP contribution >= 0.6 is 0 Å². The Labute approximate surface area is 259 Å². The first-order valence-corrected chi connectivity index (χ1v) is 16.4. The van der Waals surface area contributed by atoms with Crippen LogP contribution in [0, 0.1) is 34.5 Å². The second-order valence-corrected chi connectivity index (χ2v) is 15.6. The second-order valence-electron chi connectivity index (χ2n) is 15.6. The lowest BCUT2D eigenvalue weighted by Crippen LogP contribution is -2.64. The SMILES string of the molecule is CC(C)CC[C@@H](O)[C@](C)(O)[C@H]1CC[C@@]2(O)C3=CC(=O)[C@@H]4C[C@@H](O[C@@H]5O[C@H](CO)[C@@H](O)[C@H](O)[C@H]5O)[C@@H](O)C[C@]4(C)[C@H]3CC[C@]12C. The van der Waals surface area contributed by atoms with Gasteiger partial charge in [0.25, 0.3) is 0 Å². The number of ketones is 1. The second kappa shape index (κ2) is 11.9. The Morgan fingerprint density at radius 1 is 1.05 bits per heavy atom. The van der Waals surface area contributed by atoms with Gasteiger partial charge in [0.15, 0.2) is 12.1 Å². The van der Waals surface area contributed by atoms with Crippen molar-refractivity contribution in [2.75, 3.05) is 6.61 Å². The Kier molecular flexibility index (Phi) is 9.30. The fourth-order valence-electron chi connectivity index (χ4n) is 9.81. The maximum Gasteiger partial charge on any atom is 0.187 e. The van der Waals surface area contributed by atoms with Gasteiger partial charge in [0, 0.05) is 11.3 Å². The van der Waals surface area contributed by atoms with E-state index in [1.54, 1.807) is 13.0 Å². The lowest BCUT2D eigenvalue weighted by molar-refractivity contribution is -0.322. The van der Waals surface area contributed by atoms with Crippen molar-refractivity contribution in [3.63, 3.8) is 0 Å². The molecule has 11 heteroatoms. The standard InChI is InChI=1S/C33H54O11/c1-16(2)6-7-25(37)32(5,41)24-9-11-33(42)18-12-20(35)19-13-22(43-29-28(40)27(39)26(38)23(15-34)44-29)21(36)14-30(19,3)17(18)8-10-31(24,33)4/h12,16-17,19,21-29,34,36-42H,6-11,13-15H2,1-5H3/t17-,19-,21-,22+,23+,24-,25+,26+,27-,28+,29+,30+,31+,32+,33+/m0/s1. The van der Waals surface area contributed by atoms with Gasteiger partial charge < -0.3 is 50.3 Å². The maximum atomic E-state index is 13.9. The molecule has 1 aliphatic heterocycles. The molecule has 0 amide bonds. The van der Waals surface area contributed by atoms with Gasteiger partial charge in [-0.25, -0.2) is 0 Å². The number of aliphatic hydroxyl groups excluding tert-OH is 6. The van der Waals surface area contributed by atoms with E-state index in [4.69, 9.17) is 9.47 Å². The number of carbonyl (C=O) groups excluding carboxylic acids is 1. The van der Waals surface area contributed by atoms with Crippen molar-refractivity contribution in [2.45, 2.75) is 146 Å². The average molecular weight is 627 g/mol. The smallest absolute Gasteiger partial charge is 0.187 e. The Balaban J connectivity index is 1.38. The molecule has 0 aromatic heterocycles. The minimum Gasteiger partial charge on any atom is -0.394 e. The van der Waals surface area contributed by atoms with Gasteiger partial charge in [0.2, 0.25) is 0 Å². The molecule has 0 bridgehead atoms. The van der Waals surface area contributed by atoms with Crippen molar-refractivity contribution in [3.05, 3.63) is 11.6 Å². The zero-order chi connectivity index (χ0) is 32.6. The molecule has 8 N–H and O–H groups in total. The quantitative estimate of drug-likeness (QED) is 0.187. The van der Waals surface area contributed by atoms with Crippen molar-refractivity contribution in [1.82, 2.24) is 0 Å². The Morgan fingerprint density at radius 2 is 1.73 bits per heavy atom. The van der Waals surface area contributed by atoms with Crippen LogP contribution in [0.2, 0.25) is 0 Å². The van der Waals surface area contributed by atoms with Crippen molar-refractivity contribution >= 4 is 5.78 Å². The van der Waals surface area contributed by atoms with Gasteiger partial charge in [-0.2, -0.15) is 0 Å². The Hall–Kier alpha value is -0.990. The van der Waals surface area contributed by atoms with Crippen molar-refractivity contribution in [3.8, 4) is 0 Å². The summed E-state index contributed by atoms with van der Waals surface area (Å²) in [7, 11) is 0. The summed E-state index contributed by atoms with van der Waals surface area (Å²) in [6, 6.07) is 0. The van der Waals surface area contributed by atoms with Crippen LogP contribution in [0.15, 0.2) is 11.6 Å². The number of ether oxygens (including phenoxy) is 2. The van der Waals surface area contributed by atoms with Crippen LogP contribution in [0.1, 0.15) is 86.0 Å². The molecular weight excluding hydrogens is 572 g/mol. The summed E-state index contributed by atoms with van der Waals surface area (Å²) < 4.78 is 11.4. The molecule has 0 radical (unpaired) electrons. The van der Waals surface area contributed by atoms with Crippen LogP contribution in [0.4, 0.5) is 0 Å². The highest BCUT2D eigenvalue weighted by molar-refractivity contribution is 5.95. The van der Waals surface area contributed by atoms with Crippen LogP contribution < -0.4 is 0 Å². The predicted octanol–water partition coefficient (Wildman–Crippen LogP) is 0.563. The first kappa shape index (κ1) is 34.3. The van der Waals surface area contributed by atoms with E-state index in [2.05, 4.69) is 13.8 Å². The predicted molar refractivity (Wildman–Crippen MR) is 158 cm³/mol. The summed E-state index contributed by atoms with van der Waals surface area (Å²) in [5, 5.41) is 86.9. The third kappa shape index (κ3) is 5.23. The number of fused-ring (bicyclic) bond motifs is 5. The molecule has 252 valence electrons. The van der Waals surface area contributed by atoms with Crippen molar-refractivity contribution < 1.29 is 55.1 Å². The van der Waals surface area contributed by atoms with E-state index in [9.17, 15) is 45.6 Å². The van der Waals surface area contributed by atoms with E-state index in [1.807, 2.05) is 13.8 Å². The van der Waals surface area contributed by atoms with Crippen LogP contribution in [0.3, 0.4) is 0 Å². The Bertz CT molecular complexity index is 1110. The van der Waals surface area contributed by atoms with E-state index >= 15 is 0 Å². The minimum atomic E-state index is -1.62.